The molecule has 1 aromatic heterocycles. The largest absolute Gasteiger partial charge is 0.477 e. The van der Waals surface area contributed by atoms with Gasteiger partial charge in [0.1, 0.15) is 9.09 Å². The van der Waals surface area contributed by atoms with Crippen LogP contribution in [-0.4, -0.2) is 55.4 Å². The predicted octanol–water partition coefficient (Wildman–Crippen LogP) is 2.43. The molecule has 1 fully saturated rings. The number of piperazine rings is 1. The van der Waals surface area contributed by atoms with E-state index in [9.17, 15) is 18.3 Å². The summed E-state index contributed by atoms with van der Waals surface area (Å²) in [4.78, 5) is 13.4. The van der Waals surface area contributed by atoms with Crippen LogP contribution in [-0.2, 0) is 10.0 Å². The topological polar surface area (TPSA) is 77.9 Å². The van der Waals surface area contributed by atoms with E-state index >= 15 is 0 Å². The lowest BCUT2D eigenvalue weighted by atomic mass is 10.1. The Bertz CT molecular complexity index is 877. The SMILES string of the molecule is Cc1cc(S(=O)(=O)N2CCN(C)CC2c2ccccc2)sc1C(=O)O. The third-order valence-electron chi connectivity index (χ3n) is 4.37. The van der Waals surface area contributed by atoms with Crippen molar-refractivity contribution in [3.05, 3.63) is 52.4 Å². The Morgan fingerprint density at radius 1 is 1.24 bits per heavy atom. The van der Waals surface area contributed by atoms with Gasteiger partial charge < -0.3 is 10.0 Å². The van der Waals surface area contributed by atoms with E-state index < -0.39 is 16.0 Å². The van der Waals surface area contributed by atoms with E-state index in [1.54, 1.807) is 6.92 Å². The molecule has 1 aliphatic heterocycles. The standard InChI is InChI=1S/C17H20N2O4S2/c1-12-10-15(24-16(12)17(20)21)25(22,23)19-9-8-18(2)11-14(19)13-6-4-3-5-7-13/h3-7,10,14H,8-9,11H2,1-2H3,(H,20,21). The summed E-state index contributed by atoms with van der Waals surface area (Å²) in [7, 11) is -1.79. The maximum atomic E-state index is 13.2. The van der Waals surface area contributed by atoms with Crippen molar-refractivity contribution < 1.29 is 18.3 Å². The van der Waals surface area contributed by atoms with E-state index in [0.717, 1.165) is 16.9 Å². The molecule has 8 heteroatoms. The van der Waals surface area contributed by atoms with E-state index in [1.807, 2.05) is 37.4 Å². The molecular formula is C17H20N2O4S2. The second-order valence-corrected chi connectivity index (χ2v) is 9.36. The van der Waals surface area contributed by atoms with Crippen LogP contribution in [0, 0.1) is 6.92 Å². The van der Waals surface area contributed by atoms with E-state index in [1.165, 1.54) is 10.4 Å². The fourth-order valence-electron chi connectivity index (χ4n) is 3.05. The maximum absolute atomic E-state index is 13.2. The van der Waals surface area contributed by atoms with Crippen LogP contribution >= 0.6 is 11.3 Å². The molecule has 0 bridgehead atoms. The minimum Gasteiger partial charge on any atom is -0.477 e. The molecule has 0 saturated carbocycles. The number of aryl methyl sites for hydroxylation is 1. The minimum absolute atomic E-state index is 0.0731. The van der Waals surface area contributed by atoms with Crippen LogP contribution < -0.4 is 0 Å². The second-order valence-electron chi connectivity index (χ2n) is 6.19. The van der Waals surface area contributed by atoms with Gasteiger partial charge in [0, 0.05) is 19.6 Å². The number of likely N-dealkylation sites (N-methyl/N-ethyl adjacent to an activating group) is 1. The monoisotopic (exact) mass is 380 g/mol. The van der Waals surface area contributed by atoms with E-state index in [0.29, 0.717) is 25.2 Å². The number of rotatable bonds is 4. The Balaban J connectivity index is 2.02. The molecule has 0 spiro atoms. The molecule has 2 aromatic rings. The average Bonchev–Trinajstić information content (AvgIpc) is 2.98. The van der Waals surface area contributed by atoms with Crippen molar-refractivity contribution in [1.29, 1.82) is 0 Å². The fraction of sp³-hybridized carbons (Fsp3) is 0.353. The van der Waals surface area contributed by atoms with Crippen LogP contribution in [0.3, 0.4) is 0 Å². The minimum atomic E-state index is -3.76. The Morgan fingerprint density at radius 3 is 2.52 bits per heavy atom. The van der Waals surface area contributed by atoms with Crippen LogP contribution in [0.25, 0.3) is 0 Å². The molecule has 1 unspecified atom stereocenters. The van der Waals surface area contributed by atoms with Crippen molar-refractivity contribution in [3.63, 3.8) is 0 Å². The van der Waals surface area contributed by atoms with Crippen molar-refractivity contribution in [2.24, 2.45) is 0 Å². The number of nitrogens with zero attached hydrogens (tertiary/aromatic N) is 2. The maximum Gasteiger partial charge on any atom is 0.346 e. The third kappa shape index (κ3) is 3.48. The fourth-order valence-corrected chi connectivity index (χ4v) is 6.15. The smallest absolute Gasteiger partial charge is 0.346 e. The number of hydrogen-bond acceptors (Lipinski definition) is 5. The molecule has 1 saturated heterocycles. The summed E-state index contributed by atoms with van der Waals surface area (Å²) in [5.74, 6) is -1.10. The van der Waals surface area contributed by atoms with Crippen LogP contribution in [0.5, 0.6) is 0 Å². The lowest BCUT2D eigenvalue weighted by Crippen LogP contribution is -2.49. The molecule has 1 aromatic carbocycles. The first kappa shape index (κ1) is 18.1. The van der Waals surface area contributed by atoms with Crippen molar-refractivity contribution in [1.82, 2.24) is 9.21 Å². The van der Waals surface area contributed by atoms with Gasteiger partial charge in [-0.1, -0.05) is 30.3 Å². The van der Waals surface area contributed by atoms with Gasteiger partial charge in [0.2, 0.25) is 0 Å². The lowest BCUT2D eigenvalue weighted by molar-refractivity contribution is 0.0701. The normalized spacial score (nSPS) is 19.8. The Labute approximate surface area is 151 Å². The first-order valence-electron chi connectivity index (χ1n) is 7.90. The molecule has 6 nitrogen and oxygen atoms in total. The average molecular weight is 380 g/mol. The van der Waals surface area contributed by atoms with Crippen molar-refractivity contribution in [3.8, 4) is 0 Å². The van der Waals surface area contributed by atoms with Gasteiger partial charge in [-0.05, 0) is 31.2 Å². The van der Waals surface area contributed by atoms with Crippen LogP contribution in [0.15, 0.2) is 40.6 Å². The Kier molecular flexibility index (Phi) is 4.97. The van der Waals surface area contributed by atoms with E-state index in [2.05, 4.69) is 4.90 Å². The zero-order chi connectivity index (χ0) is 18.2. The molecule has 1 atom stereocenters. The highest BCUT2D eigenvalue weighted by Gasteiger charge is 2.37. The summed E-state index contributed by atoms with van der Waals surface area (Å²) in [5, 5.41) is 9.22. The summed E-state index contributed by atoms with van der Waals surface area (Å²) >= 11 is 0.823. The highest BCUT2D eigenvalue weighted by atomic mass is 32.2. The zero-order valence-electron chi connectivity index (χ0n) is 14.0. The van der Waals surface area contributed by atoms with Gasteiger partial charge in [-0.2, -0.15) is 4.31 Å². The molecule has 1 N–H and O–H groups in total. The summed E-state index contributed by atoms with van der Waals surface area (Å²) in [6.45, 7) is 3.23. The van der Waals surface area contributed by atoms with Crippen LogP contribution in [0.1, 0.15) is 26.8 Å². The summed E-state index contributed by atoms with van der Waals surface area (Å²) < 4.78 is 28.0. The Hall–Kier alpha value is -1.74. The highest BCUT2D eigenvalue weighted by Crippen LogP contribution is 2.34. The van der Waals surface area contributed by atoms with Gasteiger partial charge >= 0.3 is 5.97 Å². The second kappa shape index (κ2) is 6.87. The molecular weight excluding hydrogens is 360 g/mol. The van der Waals surface area contributed by atoms with Crippen molar-refractivity contribution in [2.45, 2.75) is 17.2 Å². The highest BCUT2D eigenvalue weighted by molar-refractivity contribution is 7.91. The number of carbonyl (C=O) groups is 1. The van der Waals surface area contributed by atoms with Gasteiger partial charge in [0.25, 0.3) is 10.0 Å². The summed E-state index contributed by atoms with van der Waals surface area (Å²) in [6, 6.07) is 10.7. The predicted molar refractivity (Wildman–Crippen MR) is 96.6 cm³/mol. The van der Waals surface area contributed by atoms with Crippen LogP contribution in [0.2, 0.25) is 0 Å². The van der Waals surface area contributed by atoms with E-state index in [-0.39, 0.29) is 15.1 Å². The van der Waals surface area contributed by atoms with Gasteiger partial charge in [-0.3, -0.25) is 0 Å². The third-order valence-corrected chi connectivity index (χ3v) is 7.95. The quantitative estimate of drug-likeness (QED) is 0.881. The molecule has 1 aliphatic rings. The number of carboxylic acids is 1. The molecule has 0 amide bonds. The van der Waals surface area contributed by atoms with Gasteiger partial charge in [0.15, 0.2) is 0 Å². The number of thiophene rings is 1. The molecule has 3 rings (SSSR count). The summed E-state index contributed by atoms with van der Waals surface area (Å²) in [5.41, 5.74) is 1.41. The Morgan fingerprint density at radius 2 is 1.92 bits per heavy atom. The molecule has 0 aliphatic carbocycles. The number of hydrogen-bond donors (Lipinski definition) is 1. The number of carboxylic acid groups (broad SMARTS) is 1. The molecule has 0 radical (unpaired) electrons. The van der Waals surface area contributed by atoms with Crippen molar-refractivity contribution >= 4 is 27.3 Å². The van der Waals surface area contributed by atoms with Gasteiger partial charge in [-0.25, -0.2) is 13.2 Å². The molecule has 134 valence electrons. The van der Waals surface area contributed by atoms with Gasteiger partial charge in [0.05, 0.1) is 6.04 Å². The number of aromatic carboxylic acids is 1. The zero-order valence-corrected chi connectivity index (χ0v) is 15.7. The first-order valence-corrected chi connectivity index (χ1v) is 10.2. The molecule has 2 heterocycles. The van der Waals surface area contributed by atoms with E-state index in [4.69, 9.17) is 0 Å². The number of benzene rings is 1. The summed E-state index contributed by atoms with van der Waals surface area (Å²) in [6.07, 6.45) is 0. The van der Waals surface area contributed by atoms with Crippen molar-refractivity contribution in [2.75, 3.05) is 26.7 Å². The lowest BCUT2D eigenvalue weighted by Gasteiger charge is -2.39. The van der Waals surface area contributed by atoms with Gasteiger partial charge in [-0.15, -0.1) is 11.3 Å². The number of sulfonamides is 1. The molecule has 25 heavy (non-hydrogen) atoms. The first-order chi connectivity index (χ1) is 11.8. The van der Waals surface area contributed by atoms with Crippen LogP contribution in [0.4, 0.5) is 0 Å².